The number of hydrogen-bond donors (Lipinski definition) is 0. The van der Waals surface area contributed by atoms with Crippen LogP contribution in [0.3, 0.4) is 0 Å². The van der Waals surface area contributed by atoms with E-state index < -0.39 is 7.26 Å². The molecule has 0 nitrogen and oxygen atoms in total. The van der Waals surface area contributed by atoms with E-state index in [0.29, 0.717) is 0 Å². The third-order valence-corrected chi connectivity index (χ3v) is 11.8. The van der Waals surface area contributed by atoms with Crippen LogP contribution in [-0.4, -0.2) is 6.16 Å². The summed E-state index contributed by atoms with van der Waals surface area (Å²) in [6.45, 7) is 2.30. The number of benzene rings is 3. The van der Waals surface area contributed by atoms with Crippen molar-refractivity contribution in [3.05, 3.63) is 91.0 Å². The van der Waals surface area contributed by atoms with Crippen molar-refractivity contribution in [2.45, 2.75) is 71.1 Å². The van der Waals surface area contributed by atoms with Gasteiger partial charge in [0.2, 0.25) is 0 Å². The normalized spacial score (nSPS) is 11.7. The molecule has 0 aromatic heterocycles. The molecule has 0 fully saturated rings. The molecule has 0 aliphatic rings. The second-order valence-corrected chi connectivity index (χ2v) is 13.0. The molecule has 0 heterocycles. The summed E-state index contributed by atoms with van der Waals surface area (Å²) >= 11 is 0. The van der Waals surface area contributed by atoms with Gasteiger partial charge in [-0.2, -0.15) is 0 Å². The van der Waals surface area contributed by atoms with Gasteiger partial charge in [0.15, 0.2) is 0 Å². The summed E-state index contributed by atoms with van der Waals surface area (Å²) in [5.41, 5.74) is 0. The molecule has 0 unspecified atom stereocenters. The zero-order chi connectivity index (χ0) is 21.6. The van der Waals surface area contributed by atoms with E-state index in [1.807, 2.05) is 0 Å². The Kier molecular flexibility index (Phi) is 12.9. The van der Waals surface area contributed by atoms with Crippen LogP contribution in [0.25, 0.3) is 0 Å². The Morgan fingerprint density at radius 3 is 1.09 bits per heavy atom. The van der Waals surface area contributed by atoms with Crippen molar-refractivity contribution >= 4 is 40.2 Å². The van der Waals surface area contributed by atoms with Crippen LogP contribution in [0.15, 0.2) is 91.0 Å². The molecule has 0 radical (unpaired) electrons. The second kappa shape index (κ2) is 15.4. The van der Waals surface area contributed by atoms with Gasteiger partial charge in [0, 0.05) is 0 Å². The number of hydrogen-bond acceptors (Lipinski definition) is 0. The molecule has 3 aromatic rings. The Labute approximate surface area is 208 Å². The van der Waals surface area contributed by atoms with Gasteiger partial charge in [-0.05, 0) is 0 Å². The van der Waals surface area contributed by atoms with Gasteiger partial charge in [0.05, 0.1) is 0 Å². The first kappa shape index (κ1) is 26.8. The topological polar surface area (TPSA) is 0 Å². The Bertz CT molecular complexity index is 736. The third-order valence-electron chi connectivity index (χ3n) is 6.71. The summed E-state index contributed by atoms with van der Waals surface area (Å²) in [5, 5.41) is 4.63. The van der Waals surface area contributed by atoms with Crippen LogP contribution in [0.4, 0.5) is 0 Å². The molecule has 2 heteroatoms. The van der Waals surface area contributed by atoms with Crippen molar-refractivity contribution in [2.24, 2.45) is 0 Å². The second-order valence-electron chi connectivity index (χ2n) is 8.94. The molecule has 0 amide bonds. The number of halogens is 1. The molecule has 0 aliphatic heterocycles. The first-order chi connectivity index (χ1) is 15.4. The van der Waals surface area contributed by atoms with Crippen molar-refractivity contribution in [3.8, 4) is 0 Å². The van der Waals surface area contributed by atoms with Crippen molar-refractivity contribution in [2.75, 3.05) is 6.16 Å². The summed E-state index contributed by atoms with van der Waals surface area (Å²) in [4.78, 5) is 0. The van der Waals surface area contributed by atoms with E-state index in [-0.39, 0.29) is 17.0 Å². The van der Waals surface area contributed by atoms with Gasteiger partial charge in [0.1, 0.15) is 0 Å². The summed E-state index contributed by atoms with van der Waals surface area (Å²) < 4.78 is 0. The maximum atomic E-state index is 2.38. The molecule has 0 atom stereocenters. The zero-order valence-electron chi connectivity index (χ0n) is 19.8. The standard InChI is InChI=1S/C30H41P.BrH/c1-2-3-4-5-6-7-8-9-10-20-27-31(28-21-14-11-15-22-28,29-23-16-12-17-24-29)30-25-18-13-19-26-30;/h11-19,21-26,31H,2-10,20,27H2,1H3;1H. The van der Waals surface area contributed by atoms with Crippen molar-refractivity contribution in [1.82, 2.24) is 0 Å². The van der Waals surface area contributed by atoms with Gasteiger partial charge in [-0.25, -0.2) is 0 Å². The van der Waals surface area contributed by atoms with Crippen molar-refractivity contribution in [3.63, 3.8) is 0 Å². The molecule has 3 rings (SSSR count). The predicted octanol–water partition coefficient (Wildman–Crippen LogP) is 8.21. The number of unbranched alkanes of at least 4 members (excludes halogenated alkanes) is 9. The molecule has 174 valence electrons. The first-order valence-corrected chi connectivity index (χ1v) is 14.7. The van der Waals surface area contributed by atoms with E-state index in [0.717, 1.165) is 0 Å². The summed E-state index contributed by atoms with van der Waals surface area (Å²) in [6, 6.07) is 34.1. The van der Waals surface area contributed by atoms with E-state index in [1.54, 1.807) is 15.9 Å². The molecule has 0 spiro atoms. The van der Waals surface area contributed by atoms with Crippen molar-refractivity contribution < 1.29 is 0 Å². The van der Waals surface area contributed by atoms with Crippen LogP contribution < -0.4 is 15.9 Å². The van der Waals surface area contributed by atoms with E-state index >= 15 is 0 Å². The molecule has 0 aliphatic carbocycles. The molecule has 0 saturated carbocycles. The van der Waals surface area contributed by atoms with Gasteiger partial charge in [0.25, 0.3) is 0 Å². The Morgan fingerprint density at radius 2 is 0.750 bits per heavy atom. The fourth-order valence-electron chi connectivity index (χ4n) is 4.98. The van der Waals surface area contributed by atoms with E-state index in [2.05, 4.69) is 97.9 Å². The molecular formula is C30H42BrP. The average molecular weight is 514 g/mol. The minimum absolute atomic E-state index is 0. The summed E-state index contributed by atoms with van der Waals surface area (Å²) in [6.07, 6.45) is 15.2. The van der Waals surface area contributed by atoms with E-state index in [1.165, 1.54) is 70.4 Å². The Balaban J connectivity index is 0.00000363. The van der Waals surface area contributed by atoms with Crippen molar-refractivity contribution in [1.29, 1.82) is 0 Å². The summed E-state index contributed by atoms with van der Waals surface area (Å²) in [7, 11) is -2.01. The molecule has 32 heavy (non-hydrogen) atoms. The average Bonchev–Trinajstić information content (AvgIpc) is 2.84. The van der Waals surface area contributed by atoms with Gasteiger partial charge < -0.3 is 0 Å². The minimum atomic E-state index is -2.01. The van der Waals surface area contributed by atoms with Gasteiger partial charge in [-0.1, -0.05) is 0 Å². The van der Waals surface area contributed by atoms with Gasteiger partial charge in [-0.3, -0.25) is 0 Å². The molecule has 0 saturated heterocycles. The Morgan fingerprint density at radius 1 is 0.438 bits per heavy atom. The SMILES string of the molecule is Br.CCCCCCCCCCCC[PH](c1ccccc1)(c1ccccc1)c1ccccc1. The fourth-order valence-corrected chi connectivity index (χ4v) is 9.91. The monoisotopic (exact) mass is 512 g/mol. The molecule has 3 aromatic carbocycles. The maximum absolute atomic E-state index is 2.38. The third kappa shape index (κ3) is 7.57. The number of rotatable bonds is 14. The van der Waals surface area contributed by atoms with Crippen LogP contribution in [0.1, 0.15) is 71.1 Å². The van der Waals surface area contributed by atoms with Gasteiger partial charge >= 0.3 is 191 Å². The van der Waals surface area contributed by atoms with Crippen LogP contribution in [0, 0.1) is 0 Å². The quantitative estimate of drug-likeness (QED) is 0.151. The summed E-state index contributed by atoms with van der Waals surface area (Å²) in [5.74, 6) is 0. The Hall–Kier alpha value is -1.43. The van der Waals surface area contributed by atoms with Crippen LogP contribution in [0.5, 0.6) is 0 Å². The first-order valence-electron chi connectivity index (χ1n) is 12.5. The molecule has 0 N–H and O–H groups in total. The van der Waals surface area contributed by atoms with E-state index in [4.69, 9.17) is 0 Å². The van der Waals surface area contributed by atoms with Gasteiger partial charge in [-0.15, -0.1) is 17.0 Å². The predicted molar refractivity (Wildman–Crippen MR) is 154 cm³/mol. The molecule has 0 bridgehead atoms. The van der Waals surface area contributed by atoms with Crippen LogP contribution in [0.2, 0.25) is 0 Å². The van der Waals surface area contributed by atoms with E-state index in [9.17, 15) is 0 Å². The van der Waals surface area contributed by atoms with Crippen LogP contribution in [-0.2, 0) is 0 Å². The molecular weight excluding hydrogens is 471 g/mol. The van der Waals surface area contributed by atoms with Crippen LogP contribution >= 0.6 is 24.2 Å². The zero-order valence-corrected chi connectivity index (χ0v) is 22.6. The fraction of sp³-hybridized carbons (Fsp3) is 0.400.